The number of benzene rings is 1. The topological polar surface area (TPSA) is 107 Å². The Balaban J connectivity index is 1.90. The van der Waals surface area contributed by atoms with Crippen molar-refractivity contribution in [2.45, 2.75) is 45.2 Å². The van der Waals surface area contributed by atoms with E-state index in [2.05, 4.69) is 12.2 Å². The van der Waals surface area contributed by atoms with Crippen molar-refractivity contribution in [3.05, 3.63) is 50.1 Å². The summed E-state index contributed by atoms with van der Waals surface area (Å²) >= 11 is 2.70. The lowest BCUT2D eigenvalue weighted by molar-refractivity contribution is -0.117. The van der Waals surface area contributed by atoms with Crippen LogP contribution < -0.4 is 16.6 Å². The fraction of sp³-hybridized carbons (Fsp3) is 0.364. The molecule has 2 heterocycles. The smallest absolute Gasteiger partial charge is 0.318 e. The number of rotatable bonds is 4. The molecule has 3 N–H and O–H groups in total. The maximum atomic E-state index is 13.8. The highest BCUT2D eigenvalue weighted by molar-refractivity contribution is 7.99. The monoisotopic (exact) mass is 456 g/mol. The fourth-order valence-electron chi connectivity index (χ4n) is 3.94. The molecule has 7 nitrogen and oxygen atoms in total. The number of thiophene rings is 1. The third-order valence-electron chi connectivity index (χ3n) is 5.50. The summed E-state index contributed by atoms with van der Waals surface area (Å²) in [6.45, 7) is 6.15. The fourth-order valence-corrected chi connectivity index (χ4v) is 6.17. The number of nitrogens with one attached hydrogen (secondary N) is 1. The first-order valence-corrected chi connectivity index (χ1v) is 11.9. The van der Waals surface area contributed by atoms with E-state index in [1.165, 1.54) is 4.88 Å². The lowest BCUT2D eigenvalue weighted by Gasteiger charge is -2.18. The number of fused-ring (bicyclic) bond motifs is 3. The molecule has 4 rings (SSSR count). The average Bonchev–Trinajstić information content (AvgIpc) is 3.05. The van der Waals surface area contributed by atoms with E-state index in [1.54, 1.807) is 15.9 Å². The Morgan fingerprint density at radius 1 is 1.35 bits per heavy atom. The zero-order valence-corrected chi connectivity index (χ0v) is 19.3. The van der Waals surface area contributed by atoms with E-state index in [9.17, 15) is 14.4 Å². The number of primary amides is 1. The first kappa shape index (κ1) is 21.6. The Labute approximate surface area is 188 Å². The van der Waals surface area contributed by atoms with E-state index in [0.29, 0.717) is 21.3 Å². The molecule has 9 heteroatoms. The quantitative estimate of drug-likeness (QED) is 0.462. The summed E-state index contributed by atoms with van der Waals surface area (Å²) in [4.78, 5) is 43.5. The first-order valence-electron chi connectivity index (χ1n) is 10.1. The number of hydrogen-bond acceptors (Lipinski definition) is 6. The van der Waals surface area contributed by atoms with Crippen LogP contribution in [-0.4, -0.2) is 27.2 Å². The highest BCUT2D eigenvalue weighted by Gasteiger charge is 2.25. The molecule has 3 aromatic rings. The van der Waals surface area contributed by atoms with Gasteiger partial charge in [0.15, 0.2) is 5.16 Å². The Kier molecular flexibility index (Phi) is 5.90. The predicted molar refractivity (Wildman–Crippen MR) is 124 cm³/mol. The average molecular weight is 457 g/mol. The van der Waals surface area contributed by atoms with Gasteiger partial charge in [-0.05, 0) is 61.8 Å². The van der Waals surface area contributed by atoms with E-state index in [1.807, 2.05) is 32.0 Å². The van der Waals surface area contributed by atoms with Crippen LogP contribution in [0.1, 0.15) is 34.9 Å². The molecule has 0 spiro atoms. The molecule has 162 valence electrons. The molecule has 3 amide bonds. The number of aromatic nitrogens is 2. The maximum Gasteiger partial charge on any atom is 0.318 e. The molecule has 2 aromatic heterocycles. The Morgan fingerprint density at radius 2 is 2.13 bits per heavy atom. The van der Waals surface area contributed by atoms with Crippen molar-refractivity contribution in [2.75, 3.05) is 5.75 Å². The summed E-state index contributed by atoms with van der Waals surface area (Å²) in [5.41, 5.74) is 8.77. The number of carbonyl (C=O) groups is 2. The van der Waals surface area contributed by atoms with Gasteiger partial charge in [-0.25, -0.2) is 9.78 Å². The SMILES string of the molecule is Cc1ccc(C)c(-n2c(SCC(=O)NC(N)=O)nc3sc4c(c3c2=O)CCC(C)C4)c1. The second-order valence-corrected chi connectivity index (χ2v) is 10.1. The second-order valence-electron chi connectivity index (χ2n) is 8.06. The van der Waals surface area contributed by atoms with Crippen molar-refractivity contribution >= 4 is 45.3 Å². The summed E-state index contributed by atoms with van der Waals surface area (Å²) in [6.07, 6.45) is 2.90. The molecule has 0 radical (unpaired) electrons. The van der Waals surface area contributed by atoms with Gasteiger partial charge in [0.1, 0.15) is 4.83 Å². The predicted octanol–water partition coefficient (Wildman–Crippen LogP) is 3.48. The van der Waals surface area contributed by atoms with Gasteiger partial charge in [0.25, 0.3) is 5.56 Å². The van der Waals surface area contributed by atoms with Crippen LogP contribution in [-0.2, 0) is 17.6 Å². The minimum absolute atomic E-state index is 0.0755. The van der Waals surface area contributed by atoms with Crippen molar-refractivity contribution in [2.24, 2.45) is 11.7 Å². The number of nitrogens with two attached hydrogens (primary N) is 1. The molecule has 0 saturated heterocycles. The molecule has 31 heavy (non-hydrogen) atoms. The van der Waals surface area contributed by atoms with E-state index in [4.69, 9.17) is 10.7 Å². The van der Waals surface area contributed by atoms with Crippen LogP contribution in [0, 0.1) is 19.8 Å². The molecule has 0 bridgehead atoms. The molecule has 1 aliphatic carbocycles. The molecule has 1 aromatic carbocycles. The van der Waals surface area contributed by atoms with Gasteiger partial charge < -0.3 is 5.73 Å². The molecule has 1 unspecified atom stereocenters. The molecule has 1 atom stereocenters. The zero-order valence-electron chi connectivity index (χ0n) is 17.7. The minimum atomic E-state index is -0.902. The van der Waals surface area contributed by atoms with E-state index in [0.717, 1.165) is 53.4 Å². The summed E-state index contributed by atoms with van der Waals surface area (Å²) in [7, 11) is 0. The van der Waals surface area contributed by atoms with Crippen molar-refractivity contribution < 1.29 is 9.59 Å². The van der Waals surface area contributed by atoms with Crippen molar-refractivity contribution in [1.29, 1.82) is 0 Å². The van der Waals surface area contributed by atoms with Gasteiger partial charge in [0, 0.05) is 4.88 Å². The summed E-state index contributed by atoms with van der Waals surface area (Å²) in [5, 5.41) is 3.18. The standard InChI is InChI=1S/C22H24N4O3S2/c1-11-4-6-13(3)15(8-11)26-20(28)18-14-7-5-12(2)9-16(14)31-19(18)25-22(26)30-10-17(27)24-21(23)29/h4,6,8,12H,5,7,9-10H2,1-3H3,(H3,23,24,27,29). The van der Waals surface area contributed by atoms with Gasteiger partial charge in [-0.15, -0.1) is 11.3 Å². The summed E-state index contributed by atoms with van der Waals surface area (Å²) in [5.74, 6) is -0.0137. The Hall–Kier alpha value is -2.65. The third kappa shape index (κ3) is 4.24. The van der Waals surface area contributed by atoms with Crippen LogP contribution in [0.4, 0.5) is 4.79 Å². The van der Waals surface area contributed by atoms with Crippen LogP contribution in [0.25, 0.3) is 15.9 Å². The lowest BCUT2D eigenvalue weighted by Crippen LogP contribution is -2.36. The largest absolute Gasteiger partial charge is 0.351 e. The number of thioether (sulfide) groups is 1. The van der Waals surface area contributed by atoms with Crippen LogP contribution in [0.5, 0.6) is 0 Å². The number of hydrogen-bond donors (Lipinski definition) is 2. The number of aryl methyl sites for hydroxylation is 3. The minimum Gasteiger partial charge on any atom is -0.351 e. The first-order chi connectivity index (χ1) is 14.7. The number of imide groups is 1. The van der Waals surface area contributed by atoms with Gasteiger partial charge in [0.05, 0.1) is 16.8 Å². The molecule has 0 aliphatic heterocycles. The highest BCUT2D eigenvalue weighted by atomic mass is 32.2. The van der Waals surface area contributed by atoms with Crippen molar-refractivity contribution in [1.82, 2.24) is 14.9 Å². The van der Waals surface area contributed by atoms with Gasteiger partial charge in [0.2, 0.25) is 5.91 Å². The van der Waals surface area contributed by atoms with Crippen molar-refractivity contribution in [3.63, 3.8) is 0 Å². The van der Waals surface area contributed by atoms with Crippen LogP contribution >= 0.6 is 23.1 Å². The van der Waals surface area contributed by atoms with E-state index in [-0.39, 0.29) is 11.3 Å². The normalized spacial score (nSPS) is 15.6. The molecular formula is C22H24N4O3S2. The summed E-state index contributed by atoms with van der Waals surface area (Å²) in [6, 6.07) is 5.02. The van der Waals surface area contributed by atoms with Gasteiger partial charge in [-0.2, -0.15) is 0 Å². The number of amides is 3. The molecule has 0 saturated carbocycles. The van der Waals surface area contributed by atoms with Gasteiger partial charge in [-0.1, -0.05) is 30.8 Å². The van der Waals surface area contributed by atoms with E-state index >= 15 is 0 Å². The number of urea groups is 1. The Morgan fingerprint density at radius 3 is 2.87 bits per heavy atom. The Bertz CT molecular complexity index is 1260. The third-order valence-corrected chi connectivity index (χ3v) is 7.59. The molecule has 0 fully saturated rings. The van der Waals surface area contributed by atoms with Crippen LogP contribution in [0.15, 0.2) is 28.2 Å². The van der Waals surface area contributed by atoms with Crippen LogP contribution in [0.2, 0.25) is 0 Å². The van der Waals surface area contributed by atoms with E-state index < -0.39 is 11.9 Å². The molecular weight excluding hydrogens is 432 g/mol. The van der Waals surface area contributed by atoms with Crippen LogP contribution in [0.3, 0.4) is 0 Å². The maximum absolute atomic E-state index is 13.8. The lowest BCUT2D eigenvalue weighted by atomic mass is 9.89. The highest BCUT2D eigenvalue weighted by Crippen LogP contribution is 2.37. The van der Waals surface area contributed by atoms with Crippen molar-refractivity contribution in [3.8, 4) is 5.69 Å². The molecule has 1 aliphatic rings. The number of nitrogens with zero attached hydrogens (tertiary/aromatic N) is 2. The second kappa shape index (κ2) is 8.47. The van der Waals surface area contributed by atoms with Gasteiger partial charge in [-0.3, -0.25) is 19.5 Å². The number of carbonyl (C=O) groups excluding carboxylic acids is 2. The van der Waals surface area contributed by atoms with Gasteiger partial charge >= 0.3 is 6.03 Å². The summed E-state index contributed by atoms with van der Waals surface area (Å²) < 4.78 is 1.61. The zero-order chi connectivity index (χ0) is 22.3.